The van der Waals surface area contributed by atoms with Gasteiger partial charge in [-0.15, -0.1) is 0 Å². The smallest absolute Gasteiger partial charge is 0.408 e. The maximum atomic E-state index is 12.5. The van der Waals surface area contributed by atoms with Crippen LogP contribution in [-0.2, 0) is 22.3 Å². The van der Waals surface area contributed by atoms with Crippen molar-refractivity contribution in [2.24, 2.45) is 0 Å². The molecule has 0 saturated heterocycles. The van der Waals surface area contributed by atoms with Crippen molar-refractivity contribution in [1.82, 2.24) is 10.3 Å². The van der Waals surface area contributed by atoms with E-state index in [0.29, 0.717) is 5.56 Å². The Morgan fingerprint density at radius 1 is 1.15 bits per heavy atom. The minimum absolute atomic E-state index is 0.163. The van der Waals surface area contributed by atoms with E-state index >= 15 is 0 Å². The van der Waals surface area contributed by atoms with Gasteiger partial charge in [-0.2, -0.15) is 0 Å². The molecular weight excluding hydrogens is 344 g/mol. The number of pyridine rings is 1. The predicted molar refractivity (Wildman–Crippen MR) is 98.4 cm³/mol. The Balaban J connectivity index is 1.46. The van der Waals surface area contributed by atoms with Crippen LogP contribution >= 0.6 is 0 Å². The van der Waals surface area contributed by atoms with E-state index in [-0.39, 0.29) is 18.1 Å². The molecule has 0 aliphatic heterocycles. The van der Waals surface area contributed by atoms with Crippen molar-refractivity contribution in [1.29, 1.82) is 0 Å². The summed E-state index contributed by atoms with van der Waals surface area (Å²) in [5.41, 5.74) is 4.59. The number of carbonyl (C=O) groups excluding carboxylic acids is 2. The van der Waals surface area contributed by atoms with Crippen LogP contribution in [0.4, 0.5) is 4.79 Å². The number of nitrogens with zero attached hydrogens (tertiary/aromatic N) is 1. The summed E-state index contributed by atoms with van der Waals surface area (Å²) in [6, 6.07) is 9.28. The van der Waals surface area contributed by atoms with E-state index in [4.69, 9.17) is 9.47 Å². The maximum Gasteiger partial charge on any atom is 0.408 e. The van der Waals surface area contributed by atoms with Gasteiger partial charge >= 0.3 is 12.1 Å². The van der Waals surface area contributed by atoms with Crippen LogP contribution in [0.15, 0.2) is 36.5 Å². The lowest BCUT2D eigenvalue weighted by molar-refractivity contribution is 0.0600. The number of nitrogens with one attached hydrogen (secondary N) is 1. The molecule has 2 atom stereocenters. The quantitative estimate of drug-likeness (QED) is 0.839. The topological polar surface area (TPSA) is 77.5 Å². The zero-order valence-electron chi connectivity index (χ0n) is 15.2. The van der Waals surface area contributed by atoms with Crippen molar-refractivity contribution in [2.45, 2.75) is 44.2 Å². The Labute approximate surface area is 157 Å². The maximum absolute atomic E-state index is 12.5. The van der Waals surface area contributed by atoms with E-state index in [2.05, 4.69) is 10.3 Å². The predicted octanol–water partition coefficient (Wildman–Crippen LogP) is 3.66. The second kappa shape index (κ2) is 7.39. The highest BCUT2D eigenvalue weighted by molar-refractivity contribution is 5.89. The van der Waals surface area contributed by atoms with E-state index < -0.39 is 6.09 Å². The number of esters is 1. The van der Waals surface area contributed by atoms with Gasteiger partial charge in [0, 0.05) is 6.20 Å². The first-order chi connectivity index (χ1) is 13.2. The van der Waals surface area contributed by atoms with Crippen molar-refractivity contribution in [3.8, 4) is 0 Å². The molecule has 0 saturated carbocycles. The number of hydrogen-bond donors (Lipinski definition) is 1. The van der Waals surface area contributed by atoms with E-state index in [9.17, 15) is 9.59 Å². The number of fused-ring (bicyclic) bond motifs is 2. The number of rotatable bonds is 3. The third-order valence-electron chi connectivity index (χ3n) is 5.33. The molecule has 0 radical (unpaired) electrons. The summed E-state index contributed by atoms with van der Waals surface area (Å²) in [5, 5.41) is 2.96. The molecule has 1 N–H and O–H groups in total. The Kier molecular flexibility index (Phi) is 4.79. The number of amides is 1. The summed E-state index contributed by atoms with van der Waals surface area (Å²) in [5.74, 6) is -0.379. The van der Waals surface area contributed by atoms with Crippen LogP contribution in [0.5, 0.6) is 0 Å². The molecule has 4 rings (SSSR count). The highest BCUT2D eigenvalue weighted by atomic mass is 16.6. The van der Waals surface area contributed by atoms with E-state index in [0.717, 1.165) is 54.5 Å². The molecular formula is C21H22N2O4. The van der Waals surface area contributed by atoms with Crippen molar-refractivity contribution in [3.05, 3.63) is 64.5 Å². The minimum Gasteiger partial charge on any atom is -0.465 e. The fourth-order valence-corrected chi connectivity index (χ4v) is 3.98. The summed E-state index contributed by atoms with van der Waals surface area (Å²) in [6.45, 7) is 0. The van der Waals surface area contributed by atoms with Gasteiger partial charge in [-0.25, -0.2) is 9.59 Å². The molecule has 1 aromatic heterocycles. The van der Waals surface area contributed by atoms with E-state index in [1.165, 1.54) is 7.11 Å². The second-order valence-corrected chi connectivity index (χ2v) is 6.97. The molecule has 0 spiro atoms. The molecule has 140 valence electrons. The first-order valence-electron chi connectivity index (χ1n) is 9.28. The fourth-order valence-electron chi connectivity index (χ4n) is 3.98. The van der Waals surface area contributed by atoms with Gasteiger partial charge in [-0.3, -0.25) is 4.98 Å². The minimum atomic E-state index is -0.445. The second-order valence-electron chi connectivity index (χ2n) is 6.97. The first-order valence-corrected chi connectivity index (χ1v) is 9.28. The summed E-state index contributed by atoms with van der Waals surface area (Å²) >= 11 is 0. The van der Waals surface area contributed by atoms with Gasteiger partial charge in [0.2, 0.25) is 0 Å². The van der Waals surface area contributed by atoms with Crippen LogP contribution in [0, 0.1) is 0 Å². The Morgan fingerprint density at radius 3 is 2.89 bits per heavy atom. The summed E-state index contributed by atoms with van der Waals surface area (Å²) in [6.07, 6.45) is 5.36. The van der Waals surface area contributed by atoms with Gasteiger partial charge in [0.05, 0.1) is 24.4 Å². The zero-order valence-corrected chi connectivity index (χ0v) is 15.2. The monoisotopic (exact) mass is 366 g/mol. The van der Waals surface area contributed by atoms with E-state index in [1.807, 2.05) is 18.2 Å². The van der Waals surface area contributed by atoms with Gasteiger partial charge in [0.1, 0.15) is 6.10 Å². The van der Waals surface area contributed by atoms with Crippen molar-refractivity contribution in [3.63, 3.8) is 0 Å². The summed E-state index contributed by atoms with van der Waals surface area (Å²) in [4.78, 5) is 28.7. The number of aryl methyl sites for hydroxylation is 2. The van der Waals surface area contributed by atoms with Gasteiger partial charge in [-0.05, 0) is 67.0 Å². The lowest BCUT2D eigenvalue weighted by Crippen LogP contribution is -2.30. The van der Waals surface area contributed by atoms with Crippen LogP contribution in [-0.4, -0.2) is 24.2 Å². The van der Waals surface area contributed by atoms with Crippen molar-refractivity contribution < 1.29 is 19.1 Å². The number of carbonyl (C=O) groups is 2. The third-order valence-corrected chi connectivity index (χ3v) is 5.33. The van der Waals surface area contributed by atoms with Crippen LogP contribution in [0.3, 0.4) is 0 Å². The molecule has 1 heterocycles. The molecule has 1 aromatic carbocycles. The lowest BCUT2D eigenvalue weighted by Gasteiger charge is -2.25. The van der Waals surface area contributed by atoms with Gasteiger partial charge in [0.15, 0.2) is 0 Å². The molecule has 0 bridgehead atoms. The van der Waals surface area contributed by atoms with Crippen LogP contribution in [0.25, 0.3) is 0 Å². The standard InChI is InChI=1S/C21H22N2O4/c1-26-20(24)15-8-7-13-9-10-17(16(13)12-15)23-21(25)27-18-6-2-4-14-5-3-11-22-19(14)18/h3,5,7-8,11-12,17-18H,2,4,6,9-10H2,1H3,(H,23,25). The first kappa shape index (κ1) is 17.5. The number of aromatic nitrogens is 1. The van der Waals surface area contributed by atoms with Crippen LogP contribution < -0.4 is 5.32 Å². The number of alkyl carbamates (subject to hydrolysis) is 1. The average molecular weight is 366 g/mol. The molecule has 2 aromatic rings. The highest BCUT2D eigenvalue weighted by Crippen LogP contribution is 2.34. The molecule has 27 heavy (non-hydrogen) atoms. The zero-order chi connectivity index (χ0) is 18.8. The Bertz CT molecular complexity index is 880. The Hall–Kier alpha value is -2.89. The normalized spacial score (nSPS) is 20.3. The summed E-state index contributed by atoms with van der Waals surface area (Å²) in [7, 11) is 1.36. The fraction of sp³-hybridized carbons (Fsp3) is 0.381. The lowest BCUT2D eigenvalue weighted by atomic mass is 9.94. The van der Waals surface area contributed by atoms with E-state index in [1.54, 1.807) is 18.3 Å². The molecule has 6 nitrogen and oxygen atoms in total. The summed E-state index contributed by atoms with van der Waals surface area (Å²) < 4.78 is 10.5. The Morgan fingerprint density at radius 2 is 2.04 bits per heavy atom. The van der Waals surface area contributed by atoms with Gasteiger partial charge in [-0.1, -0.05) is 12.1 Å². The van der Waals surface area contributed by atoms with Crippen molar-refractivity contribution >= 4 is 12.1 Å². The molecule has 2 aliphatic rings. The number of methoxy groups -OCH3 is 1. The molecule has 2 unspecified atom stereocenters. The SMILES string of the molecule is COC(=O)c1ccc2c(c1)C(NC(=O)OC1CCCc3cccnc31)CC2. The van der Waals surface area contributed by atoms with Crippen molar-refractivity contribution in [2.75, 3.05) is 7.11 Å². The molecule has 0 fully saturated rings. The number of benzene rings is 1. The van der Waals surface area contributed by atoms with Gasteiger partial charge < -0.3 is 14.8 Å². The largest absolute Gasteiger partial charge is 0.465 e. The van der Waals surface area contributed by atoms with Crippen LogP contribution in [0.1, 0.15) is 64.2 Å². The molecule has 6 heteroatoms. The molecule has 1 amide bonds. The third kappa shape index (κ3) is 3.52. The van der Waals surface area contributed by atoms with Gasteiger partial charge in [0.25, 0.3) is 0 Å². The number of ether oxygens (including phenoxy) is 2. The van der Waals surface area contributed by atoms with Crippen LogP contribution in [0.2, 0.25) is 0 Å². The number of hydrogen-bond acceptors (Lipinski definition) is 5. The average Bonchev–Trinajstić information content (AvgIpc) is 3.09. The highest BCUT2D eigenvalue weighted by Gasteiger charge is 2.29. The molecule has 2 aliphatic carbocycles.